The first-order chi connectivity index (χ1) is 19.6. The molecule has 42 heavy (non-hydrogen) atoms. The van der Waals surface area contributed by atoms with Gasteiger partial charge >= 0.3 is 30.0 Å². The number of hydrogen-bond donors (Lipinski definition) is 2. The number of urea groups is 1. The molecule has 0 aliphatic heterocycles. The molecule has 0 bridgehead atoms. The first kappa shape index (κ1) is 34.7. The number of benzene rings is 2. The first-order valence-electron chi connectivity index (χ1n) is 13.1. The van der Waals surface area contributed by atoms with Crippen LogP contribution in [0.5, 0.6) is 5.75 Å². The number of amides is 2. The van der Waals surface area contributed by atoms with E-state index in [2.05, 4.69) is 5.32 Å². The highest BCUT2D eigenvalue weighted by molar-refractivity contribution is 5.89. The zero-order chi connectivity index (χ0) is 31.6. The van der Waals surface area contributed by atoms with E-state index in [9.17, 15) is 45.4 Å². The maximum Gasteiger partial charge on any atom is 0.459 e. The molecule has 7 nitrogen and oxygen atoms in total. The van der Waals surface area contributed by atoms with E-state index in [0.29, 0.717) is 17.0 Å². The Balaban J connectivity index is 1.99. The molecule has 0 saturated heterocycles. The molecule has 2 amide bonds. The quantitative estimate of drug-likeness (QED) is 0.159. The Morgan fingerprint density at radius 1 is 0.929 bits per heavy atom. The first-order valence-corrected chi connectivity index (χ1v) is 13.1. The molecule has 234 valence electrons. The molecule has 2 aromatic rings. The van der Waals surface area contributed by atoms with Crippen LogP contribution < -0.4 is 10.1 Å². The number of halogens is 7. The zero-order valence-electron chi connectivity index (χ0n) is 23.0. The number of ether oxygens (including phenoxy) is 2. The molecule has 14 heteroatoms. The molecule has 0 radical (unpaired) electrons. The molecule has 1 atom stereocenters. The van der Waals surface area contributed by atoms with Gasteiger partial charge in [-0.15, -0.1) is 0 Å². The third-order valence-corrected chi connectivity index (χ3v) is 6.19. The fourth-order valence-electron chi connectivity index (χ4n) is 3.80. The highest BCUT2D eigenvalue weighted by atomic mass is 19.4. The Bertz CT molecular complexity index is 1140. The summed E-state index contributed by atoms with van der Waals surface area (Å²) in [6, 6.07) is 12.5. The summed E-state index contributed by atoms with van der Waals surface area (Å²) in [5.41, 5.74) is 2.03. The van der Waals surface area contributed by atoms with Gasteiger partial charge in [0.05, 0.1) is 6.54 Å². The third-order valence-electron chi connectivity index (χ3n) is 6.19. The minimum Gasteiger partial charge on any atom is -0.492 e. The number of rotatable bonds is 16. The molecule has 1 unspecified atom stereocenters. The van der Waals surface area contributed by atoms with Crippen LogP contribution in [-0.4, -0.2) is 72.4 Å². The number of carbonyl (C=O) groups excluding carboxylic acids is 1. The Morgan fingerprint density at radius 2 is 1.55 bits per heavy atom. The topological polar surface area (TPSA) is 88.1 Å². The Labute approximate surface area is 238 Å². The van der Waals surface area contributed by atoms with Crippen LogP contribution in [0.3, 0.4) is 0 Å². The van der Waals surface area contributed by atoms with Gasteiger partial charge in [-0.3, -0.25) is 0 Å². The summed E-state index contributed by atoms with van der Waals surface area (Å²) in [5.74, 6) is -12.2. The van der Waals surface area contributed by atoms with Crippen molar-refractivity contribution < 1.29 is 54.9 Å². The van der Waals surface area contributed by atoms with E-state index in [-0.39, 0.29) is 39.1 Å². The minimum atomic E-state index is -6.40. The summed E-state index contributed by atoms with van der Waals surface area (Å²) < 4.78 is 102. The van der Waals surface area contributed by atoms with Crippen molar-refractivity contribution in [2.45, 2.75) is 63.7 Å². The molecular formula is C28H33F7N2O5. The molecule has 0 heterocycles. The standard InChI is InChI=1S/C28H33F7N2O5/c1-3-41-23(24(38)39)18-20-8-12-22(13-9-20)42-17-16-37(25(40)36-21-10-6-19(2)7-11-21)15-5-4-14-26(29,30)27(31,32)28(33,34)35/h6-13,23H,3-5,14-18H2,1-2H3,(H,36,40)(H,38,39). The third kappa shape index (κ3) is 10.1. The second-order valence-corrected chi connectivity index (χ2v) is 9.50. The summed E-state index contributed by atoms with van der Waals surface area (Å²) in [4.78, 5) is 25.3. The second-order valence-electron chi connectivity index (χ2n) is 9.50. The molecular weight excluding hydrogens is 577 g/mol. The summed E-state index contributed by atoms with van der Waals surface area (Å²) in [7, 11) is 0. The monoisotopic (exact) mass is 610 g/mol. The Hall–Kier alpha value is -3.55. The lowest BCUT2D eigenvalue weighted by Gasteiger charge is -2.28. The fourth-order valence-corrected chi connectivity index (χ4v) is 3.80. The number of nitrogens with zero attached hydrogens (tertiary/aromatic N) is 1. The maximum atomic E-state index is 13.6. The molecule has 0 saturated carbocycles. The summed E-state index contributed by atoms with van der Waals surface area (Å²) >= 11 is 0. The van der Waals surface area contributed by atoms with Gasteiger partial charge in [-0.05, 0) is 56.5 Å². The van der Waals surface area contributed by atoms with Gasteiger partial charge in [-0.2, -0.15) is 30.7 Å². The largest absolute Gasteiger partial charge is 0.492 e. The van der Waals surface area contributed by atoms with Crippen LogP contribution in [0, 0.1) is 6.92 Å². The zero-order valence-corrected chi connectivity index (χ0v) is 23.0. The van der Waals surface area contributed by atoms with Crippen molar-refractivity contribution in [3.8, 4) is 5.75 Å². The molecule has 2 aromatic carbocycles. The van der Waals surface area contributed by atoms with E-state index in [1.54, 1.807) is 55.5 Å². The van der Waals surface area contributed by atoms with E-state index in [1.165, 1.54) is 4.90 Å². The predicted octanol–water partition coefficient (Wildman–Crippen LogP) is 6.94. The number of nitrogens with one attached hydrogen (secondary N) is 1. The van der Waals surface area contributed by atoms with E-state index in [1.807, 2.05) is 6.92 Å². The van der Waals surface area contributed by atoms with Crippen molar-refractivity contribution >= 4 is 17.7 Å². The van der Waals surface area contributed by atoms with E-state index in [4.69, 9.17) is 9.47 Å². The number of carbonyl (C=O) groups is 2. The highest BCUT2D eigenvalue weighted by Crippen LogP contribution is 2.48. The summed E-state index contributed by atoms with van der Waals surface area (Å²) in [6.07, 6.45) is -9.97. The lowest BCUT2D eigenvalue weighted by Crippen LogP contribution is -2.51. The van der Waals surface area contributed by atoms with Crippen molar-refractivity contribution in [1.82, 2.24) is 4.90 Å². The van der Waals surface area contributed by atoms with Crippen molar-refractivity contribution in [2.75, 3.05) is 31.6 Å². The van der Waals surface area contributed by atoms with Gasteiger partial charge < -0.3 is 24.8 Å². The molecule has 0 spiro atoms. The Morgan fingerprint density at radius 3 is 2.10 bits per heavy atom. The number of alkyl halides is 7. The second kappa shape index (κ2) is 15.1. The average Bonchev–Trinajstić information content (AvgIpc) is 2.91. The van der Waals surface area contributed by atoms with Crippen molar-refractivity contribution in [3.63, 3.8) is 0 Å². The number of carboxylic acid groups (broad SMARTS) is 1. The van der Waals surface area contributed by atoms with Crippen LogP contribution in [0.2, 0.25) is 0 Å². The van der Waals surface area contributed by atoms with Gasteiger partial charge in [-0.1, -0.05) is 29.8 Å². The number of aliphatic carboxylic acids is 1. The molecule has 0 fully saturated rings. The Kier molecular flexibility index (Phi) is 12.4. The fraction of sp³-hybridized carbons (Fsp3) is 0.500. The lowest BCUT2D eigenvalue weighted by atomic mass is 10.0. The summed E-state index contributed by atoms with van der Waals surface area (Å²) in [6.45, 7) is 3.39. The van der Waals surface area contributed by atoms with Crippen LogP contribution in [0.1, 0.15) is 37.3 Å². The molecule has 2 N–H and O–H groups in total. The van der Waals surface area contributed by atoms with Gasteiger partial charge in [0.1, 0.15) is 12.4 Å². The molecule has 2 rings (SSSR count). The van der Waals surface area contributed by atoms with E-state index >= 15 is 0 Å². The smallest absolute Gasteiger partial charge is 0.459 e. The van der Waals surface area contributed by atoms with E-state index < -0.39 is 49.0 Å². The van der Waals surface area contributed by atoms with Crippen LogP contribution in [-0.2, 0) is 16.0 Å². The lowest BCUT2D eigenvalue weighted by molar-refractivity contribution is -0.355. The SMILES string of the molecule is CCOC(Cc1ccc(OCCN(CCCCC(F)(F)C(F)(F)C(F)(F)F)C(=O)Nc2ccc(C)cc2)cc1)C(=O)O. The van der Waals surface area contributed by atoms with E-state index in [0.717, 1.165) is 5.56 Å². The number of anilines is 1. The molecule has 0 aromatic heterocycles. The van der Waals surface area contributed by atoms with Crippen LogP contribution in [0.25, 0.3) is 0 Å². The van der Waals surface area contributed by atoms with Gasteiger partial charge in [0.15, 0.2) is 6.10 Å². The molecule has 0 aliphatic carbocycles. The van der Waals surface area contributed by atoms with Crippen molar-refractivity contribution in [2.24, 2.45) is 0 Å². The normalized spacial score (nSPS) is 13.0. The van der Waals surface area contributed by atoms with Gasteiger partial charge in [0, 0.05) is 31.7 Å². The van der Waals surface area contributed by atoms with Crippen molar-refractivity contribution in [3.05, 3.63) is 59.7 Å². The maximum absolute atomic E-state index is 13.6. The molecule has 0 aliphatic rings. The van der Waals surface area contributed by atoms with Crippen LogP contribution in [0.15, 0.2) is 48.5 Å². The highest BCUT2D eigenvalue weighted by Gasteiger charge is 2.72. The van der Waals surface area contributed by atoms with Gasteiger partial charge in [-0.25, -0.2) is 9.59 Å². The minimum absolute atomic E-state index is 0.0695. The number of aryl methyl sites for hydroxylation is 1. The van der Waals surface area contributed by atoms with Crippen LogP contribution in [0.4, 0.5) is 41.2 Å². The number of hydrogen-bond acceptors (Lipinski definition) is 4. The number of carboxylic acids is 1. The summed E-state index contributed by atoms with van der Waals surface area (Å²) in [5, 5.41) is 11.8. The number of unbranched alkanes of at least 4 members (excludes halogenated alkanes) is 1. The van der Waals surface area contributed by atoms with Crippen molar-refractivity contribution in [1.29, 1.82) is 0 Å². The van der Waals surface area contributed by atoms with Gasteiger partial charge in [0.2, 0.25) is 0 Å². The predicted molar refractivity (Wildman–Crippen MR) is 140 cm³/mol. The average molecular weight is 611 g/mol. The van der Waals surface area contributed by atoms with Gasteiger partial charge in [0.25, 0.3) is 0 Å². The van der Waals surface area contributed by atoms with Crippen LogP contribution >= 0.6 is 0 Å².